The van der Waals surface area contributed by atoms with Gasteiger partial charge in [0.1, 0.15) is 15.4 Å². The number of carbonyl (C=O) groups excluding carboxylic acids is 1. The minimum atomic E-state index is -3.06. The molecule has 0 spiro atoms. The van der Waals surface area contributed by atoms with Crippen LogP contribution in [0.3, 0.4) is 0 Å². The van der Waals surface area contributed by atoms with Crippen LogP contribution in [0.25, 0.3) is 11.2 Å². The largest absolute Gasteiger partial charge is 0.369 e. The molecule has 2 aliphatic carbocycles. The fourth-order valence-corrected chi connectivity index (χ4v) is 7.08. The molecule has 14 heteroatoms. The van der Waals surface area contributed by atoms with Gasteiger partial charge in [0.2, 0.25) is 17.8 Å². The number of rotatable bonds is 7. The SMILES string of the molecule is CS(=O)(=O)C1CC(Nc2ncc3nc(Nc4c(Cl)cc(Cl)cc4Cl)n([C@H]4CC[C@H](C(N)=O)CC4)c3n2)C1. The molecule has 2 heterocycles. The van der Waals surface area contributed by atoms with E-state index >= 15 is 0 Å². The second-order valence-corrected chi connectivity index (χ2v) is 13.3. The smallest absolute Gasteiger partial charge is 0.224 e. The fraction of sp³-hybridized carbons (Fsp3) is 0.478. The van der Waals surface area contributed by atoms with Crippen LogP contribution in [-0.2, 0) is 14.6 Å². The zero-order valence-corrected chi connectivity index (χ0v) is 23.0. The number of aromatic nitrogens is 4. The molecule has 1 amide bonds. The molecule has 4 N–H and O–H groups in total. The highest BCUT2D eigenvalue weighted by atomic mass is 35.5. The van der Waals surface area contributed by atoms with Crippen molar-refractivity contribution < 1.29 is 13.2 Å². The van der Waals surface area contributed by atoms with Gasteiger partial charge in [-0.25, -0.2) is 18.4 Å². The third kappa shape index (κ3) is 5.45. The summed E-state index contributed by atoms with van der Waals surface area (Å²) in [6, 6.07) is 3.15. The number of nitrogens with one attached hydrogen (secondary N) is 2. The number of hydrogen-bond acceptors (Lipinski definition) is 8. The van der Waals surface area contributed by atoms with Crippen molar-refractivity contribution in [2.75, 3.05) is 16.9 Å². The highest BCUT2D eigenvalue weighted by Gasteiger charge is 2.37. The first-order valence-corrected chi connectivity index (χ1v) is 15.0. The van der Waals surface area contributed by atoms with Crippen LogP contribution >= 0.6 is 34.8 Å². The minimum Gasteiger partial charge on any atom is -0.369 e. The third-order valence-electron chi connectivity index (χ3n) is 7.17. The first kappa shape index (κ1) is 26.3. The average molecular weight is 587 g/mol. The standard InChI is InChI=1S/C23H26Cl3N7O3S/c1-37(35,36)15-8-13(9-15)29-22-28-10-18-21(32-22)33(14-4-2-11(3-5-14)20(27)34)23(30-18)31-19-16(25)6-12(24)7-17(19)26/h6-7,10-11,13-15H,2-5,8-9H2,1H3,(H2,27,34)(H,30,31)(H,28,29,32)/t11-,13?,14-,15?. The van der Waals surface area contributed by atoms with Gasteiger partial charge < -0.3 is 16.4 Å². The van der Waals surface area contributed by atoms with E-state index in [-0.39, 0.29) is 29.2 Å². The van der Waals surface area contributed by atoms with Crippen LogP contribution in [0, 0.1) is 5.92 Å². The van der Waals surface area contributed by atoms with Crippen molar-refractivity contribution in [2.45, 2.75) is 55.9 Å². The number of hydrogen-bond donors (Lipinski definition) is 3. The Bertz CT molecular complexity index is 1440. The number of nitrogens with two attached hydrogens (primary N) is 1. The summed E-state index contributed by atoms with van der Waals surface area (Å²) in [6.07, 6.45) is 6.64. The number of halogens is 3. The van der Waals surface area contributed by atoms with Gasteiger partial charge in [-0.3, -0.25) is 9.36 Å². The molecule has 10 nitrogen and oxygen atoms in total. The van der Waals surface area contributed by atoms with Crippen LogP contribution in [0.2, 0.25) is 15.1 Å². The van der Waals surface area contributed by atoms with Crippen molar-refractivity contribution >= 4 is 79.3 Å². The molecular formula is C23H26Cl3N7O3S. The maximum atomic E-state index is 11.8. The first-order valence-electron chi connectivity index (χ1n) is 11.9. The van der Waals surface area contributed by atoms with Gasteiger partial charge in [0.25, 0.3) is 0 Å². The third-order valence-corrected chi connectivity index (χ3v) is 9.58. The van der Waals surface area contributed by atoms with Gasteiger partial charge in [0.05, 0.1) is 27.2 Å². The number of benzene rings is 1. The van der Waals surface area contributed by atoms with Gasteiger partial charge in [-0.05, 0) is 50.7 Å². The molecule has 1 aromatic carbocycles. The topological polar surface area (TPSA) is 145 Å². The zero-order chi connectivity index (χ0) is 26.5. The van der Waals surface area contributed by atoms with Crippen LogP contribution in [0.1, 0.15) is 44.6 Å². The van der Waals surface area contributed by atoms with Gasteiger partial charge in [-0.2, -0.15) is 4.98 Å². The van der Waals surface area contributed by atoms with E-state index in [1.165, 1.54) is 6.26 Å². The molecule has 2 fully saturated rings. The first-order chi connectivity index (χ1) is 17.5. The van der Waals surface area contributed by atoms with Crippen molar-refractivity contribution in [1.29, 1.82) is 0 Å². The lowest BCUT2D eigenvalue weighted by molar-refractivity contribution is -0.122. The van der Waals surface area contributed by atoms with E-state index in [1.807, 2.05) is 4.57 Å². The van der Waals surface area contributed by atoms with E-state index in [9.17, 15) is 13.2 Å². The van der Waals surface area contributed by atoms with Crippen LogP contribution in [0.4, 0.5) is 17.6 Å². The Morgan fingerprint density at radius 3 is 2.32 bits per heavy atom. The Morgan fingerprint density at radius 1 is 1.08 bits per heavy atom. The molecule has 0 aliphatic heterocycles. The molecule has 0 atom stereocenters. The van der Waals surface area contributed by atoms with E-state index in [0.717, 1.165) is 0 Å². The maximum Gasteiger partial charge on any atom is 0.224 e. The summed E-state index contributed by atoms with van der Waals surface area (Å²) in [5.41, 5.74) is 7.17. The Labute approximate surface area is 229 Å². The molecule has 198 valence electrons. The van der Waals surface area contributed by atoms with Gasteiger partial charge >= 0.3 is 0 Å². The molecule has 0 bridgehead atoms. The molecule has 37 heavy (non-hydrogen) atoms. The summed E-state index contributed by atoms with van der Waals surface area (Å²) in [7, 11) is -3.06. The van der Waals surface area contributed by atoms with E-state index in [1.54, 1.807) is 18.3 Å². The molecule has 2 saturated carbocycles. The summed E-state index contributed by atoms with van der Waals surface area (Å²) in [5, 5.41) is 7.24. The summed E-state index contributed by atoms with van der Waals surface area (Å²) in [6.45, 7) is 0. The number of imidazole rings is 1. The minimum absolute atomic E-state index is 0.00554. The lowest BCUT2D eigenvalue weighted by Gasteiger charge is -2.34. The van der Waals surface area contributed by atoms with E-state index in [4.69, 9.17) is 50.5 Å². The molecule has 0 unspecified atom stereocenters. The molecule has 2 aliphatic rings. The van der Waals surface area contributed by atoms with Crippen molar-refractivity contribution in [1.82, 2.24) is 19.5 Å². The normalized spacial score (nSPS) is 24.0. The summed E-state index contributed by atoms with van der Waals surface area (Å²) >= 11 is 18.9. The van der Waals surface area contributed by atoms with Crippen molar-refractivity contribution in [2.24, 2.45) is 11.7 Å². The molecule has 0 saturated heterocycles. The number of carbonyl (C=O) groups is 1. The van der Waals surface area contributed by atoms with Crippen molar-refractivity contribution in [3.05, 3.63) is 33.4 Å². The van der Waals surface area contributed by atoms with E-state index in [0.29, 0.717) is 82.3 Å². The highest BCUT2D eigenvalue weighted by Crippen LogP contribution is 2.40. The predicted molar refractivity (Wildman–Crippen MR) is 146 cm³/mol. The molecule has 2 aromatic heterocycles. The number of nitrogens with zero attached hydrogens (tertiary/aromatic N) is 4. The average Bonchev–Trinajstić information content (AvgIpc) is 3.14. The van der Waals surface area contributed by atoms with E-state index < -0.39 is 9.84 Å². The Hall–Kier alpha value is -2.34. The van der Waals surface area contributed by atoms with Crippen LogP contribution in [-0.4, -0.2) is 51.4 Å². The molecular weight excluding hydrogens is 561 g/mol. The van der Waals surface area contributed by atoms with Gasteiger partial charge in [0, 0.05) is 29.3 Å². The lowest BCUT2D eigenvalue weighted by Crippen LogP contribution is -2.43. The van der Waals surface area contributed by atoms with Crippen LogP contribution in [0.5, 0.6) is 0 Å². The number of primary amides is 1. The highest BCUT2D eigenvalue weighted by molar-refractivity contribution is 7.91. The zero-order valence-electron chi connectivity index (χ0n) is 19.9. The second kappa shape index (κ2) is 10.1. The summed E-state index contributed by atoms with van der Waals surface area (Å²) in [5.74, 6) is 0.436. The Kier molecular flexibility index (Phi) is 7.16. The number of anilines is 3. The Balaban J connectivity index is 1.48. The van der Waals surface area contributed by atoms with Crippen LogP contribution < -0.4 is 16.4 Å². The van der Waals surface area contributed by atoms with Crippen LogP contribution in [0.15, 0.2) is 18.3 Å². The number of fused-ring (bicyclic) bond motifs is 1. The number of sulfone groups is 1. The Morgan fingerprint density at radius 2 is 1.73 bits per heavy atom. The quantitative estimate of drug-likeness (QED) is 0.360. The maximum absolute atomic E-state index is 11.8. The molecule has 5 rings (SSSR count). The van der Waals surface area contributed by atoms with Crippen molar-refractivity contribution in [3.63, 3.8) is 0 Å². The predicted octanol–water partition coefficient (Wildman–Crippen LogP) is 4.73. The monoisotopic (exact) mass is 585 g/mol. The molecule has 0 radical (unpaired) electrons. The van der Waals surface area contributed by atoms with Gasteiger partial charge in [-0.15, -0.1) is 0 Å². The second-order valence-electron chi connectivity index (χ2n) is 9.75. The van der Waals surface area contributed by atoms with Gasteiger partial charge in [-0.1, -0.05) is 34.8 Å². The van der Waals surface area contributed by atoms with E-state index in [2.05, 4.69) is 15.6 Å². The van der Waals surface area contributed by atoms with Gasteiger partial charge in [0.15, 0.2) is 5.65 Å². The molecule has 3 aromatic rings. The van der Waals surface area contributed by atoms with Crippen molar-refractivity contribution in [3.8, 4) is 0 Å². The number of amides is 1. The fourth-order valence-electron chi connectivity index (χ4n) is 5.00. The summed E-state index contributed by atoms with van der Waals surface area (Å²) < 4.78 is 25.5. The summed E-state index contributed by atoms with van der Waals surface area (Å²) in [4.78, 5) is 25.6. The lowest BCUT2D eigenvalue weighted by atomic mass is 9.85.